The number of hydrogen-bond donors (Lipinski definition) is 1. The largest absolute Gasteiger partial charge is 0.313 e. The van der Waals surface area contributed by atoms with Gasteiger partial charge in [0.1, 0.15) is 11.6 Å². The molecule has 0 heterocycles. The Bertz CT molecular complexity index is 584. The van der Waals surface area contributed by atoms with Gasteiger partial charge in [0.05, 0.1) is 0 Å². The van der Waals surface area contributed by atoms with Crippen LogP contribution in [0, 0.1) is 11.6 Å². The van der Waals surface area contributed by atoms with E-state index in [0.717, 1.165) is 12.1 Å². The molecular weight excluding hydrogens is 268 g/mol. The first-order chi connectivity index (χ1) is 9.11. The lowest BCUT2D eigenvalue weighted by atomic mass is 9.99. The van der Waals surface area contributed by atoms with Crippen LogP contribution in [0.1, 0.15) is 12.5 Å². The molecule has 0 radical (unpaired) electrons. The molecule has 0 atom stereocenters. The maximum atomic E-state index is 13.4. The number of nitrogens with one attached hydrogen (secondary N) is 1. The van der Waals surface area contributed by atoms with Gasteiger partial charge < -0.3 is 5.32 Å². The zero-order valence-electron chi connectivity index (χ0n) is 10.5. The topological polar surface area (TPSA) is 12.0 Å². The Hall–Kier alpha value is -1.45. The Labute approximate surface area is 116 Å². The summed E-state index contributed by atoms with van der Waals surface area (Å²) in [7, 11) is 0. The molecule has 0 aliphatic heterocycles. The first-order valence-corrected chi connectivity index (χ1v) is 6.44. The molecule has 0 saturated carbocycles. The fourth-order valence-electron chi connectivity index (χ4n) is 1.92. The lowest BCUT2D eigenvalue weighted by Gasteiger charge is -2.12. The van der Waals surface area contributed by atoms with Crippen LogP contribution in [-0.2, 0) is 6.54 Å². The van der Waals surface area contributed by atoms with E-state index in [9.17, 15) is 8.78 Å². The molecule has 100 valence electrons. The Morgan fingerprint density at radius 2 is 1.63 bits per heavy atom. The summed E-state index contributed by atoms with van der Waals surface area (Å²) in [6, 6.07) is 8.56. The normalized spacial score (nSPS) is 10.7. The Balaban J connectivity index is 2.52. The third-order valence-electron chi connectivity index (χ3n) is 2.86. The second-order valence-corrected chi connectivity index (χ2v) is 4.61. The van der Waals surface area contributed by atoms with E-state index in [1.54, 1.807) is 6.07 Å². The van der Waals surface area contributed by atoms with Gasteiger partial charge in [-0.2, -0.15) is 0 Å². The maximum absolute atomic E-state index is 13.4. The zero-order valence-corrected chi connectivity index (χ0v) is 11.3. The lowest BCUT2D eigenvalue weighted by molar-refractivity contribution is 0.624. The highest BCUT2D eigenvalue weighted by Crippen LogP contribution is 2.31. The maximum Gasteiger partial charge on any atom is 0.123 e. The summed E-state index contributed by atoms with van der Waals surface area (Å²) in [4.78, 5) is 0. The van der Waals surface area contributed by atoms with Gasteiger partial charge in [0.2, 0.25) is 0 Å². The van der Waals surface area contributed by atoms with Crippen LogP contribution in [0.2, 0.25) is 5.02 Å². The third-order valence-corrected chi connectivity index (χ3v) is 3.19. The molecule has 19 heavy (non-hydrogen) atoms. The Morgan fingerprint density at radius 1 is 1.00 bits per heavy atom. The van der Waals surface area contributed by atoms with Crippen LogP contribution in [0.25, 0.3) is 11.1 Å². The van der Waals surface area contributed by atoms with Crippen LogP contribution in [0.5, 0.6) is 0 Å². The summed E-state index contributed by atoms with van der Waals surface area (Å²) in [5.41, 5.74) is 2.01. The molecular formula is C15H14ClF2N. The first kappa shape index (κ1) is 14.0. The second kappa shape index (κ2) is 6.13. The highest BCUT2D eigenvalue weighted by atomic mass is 35.5. The molecule has 0 amide bonds. The van der Waals surface area contributed by atoms with E-state index >= 15 is 0 Å². The molecule has 4 heteroatoms. The summed E-state index contributed by atoms with van der Waals surface area (Å²) in [5.74, 6) is -0.756. The summed E-state index contributed by atoms with van der Waals surface area (Å²) in [6.45, 7) is 3.37. The molecule has 0 aromatic heterocycles. The predicted molar refractivity (Wildman–Crippen MR) is 74.2 cm³/mol. The fourth-order valence-corrected chi connectivity index (χ4v) is 2.14. The van der Waals surface area contributed by atoms with Gasteiger partial charge >= 0.3 is 0 Å². The summed E-state index contributed by atoms with van der Waals surface area (Å²) in [5, 5.41) is 3.58. The Kier molecular flexibility index (Phi) is 4.51. The van der Waals surface area contributed by atoms with Gasteiger partial charge in [-0.3, -0.25) is 0 Å². The molecule has 2 aromatic carbocycles. The number of rotatable bonds is 4. The van der Waals surface area contributed by atoms with Gasteiger partial charge in [-0.1, -0.05) is 24.6 Å². The van der Waals surface area contributed by atoms with Crippen LogP contribution in [0.15, 0.2) is 36.4 Å². The average molecular weight is 282 g/mol. The van der Waals surface area contributed by atoms with Gasteiger partial charge in [-0.25, -0.2) is 8.78 Å². The van der Waals surface area contributed by atoms with Crippen molar-refractivity contribution in [2.45, 2.75) is 13.5 Å². The van der Waals surface area contributed by atoms with E-state index in [-0.39, 0.29) is 5.82 Å². The summed E-state index contributed by atoms with van der Waals surface area (Å²) in [6.07, 6.45) is 0. The van der Waals surface area contributed by atoms with E-state index in [1.165, 1.54) is 30.3 Å². The van der Waals surface area contributed by atoms with Crippen molar-refractivity contribution >= 4 is 11.6 Å². The van der Waals surface area contributed by atoms with E-state index in [2.05, 4.69) is 5.32 Å². The van der Waals surface area contributed by atoms with E-state index in [1.807, 2.05) is 6.92 Å². The van der Waals surface area contributed by atoms with Crippen LogP contribution < -0.4 is 5.32 Å². The van der Waals surface area contributed by atoms with Crippen molar-refractivity contribution in [3.63, 3.8) is 0 Å². The van der Waals surface area contributed by atoms with Crippen LogP contribution in [0.4, 0.5) is 8.78 Å². The molecule has 0 unspecified atom stereocenters. The average Bonchev–Trinajstić information content (AvgIpc) is 2.40. The fraction of sp³-hybridized carbons (Fsp3) is 0.200. The minimum atomic E-state index is -0.391. The molecule has 2 rings (SSSR count). The minimum absolute atomic E-state index is 0.365. The number of halogens is 3. The molecule has 0 spiro atoms. The molecule has 1 N–H and O–H groups in total. The van der Waals surface area contributed by atoms with Gasteiger partial charge in [0, 0.05) is 17.1 Å². The number of benzene rings is 2. The monoisotopic (exact) mass is 281 g/mol. The molecule has 0 aliphatic rings. The third kappa shape index (κ3) is 3.31. The molecule has 0 saturated heterocycles. The molecule has 2 aromatic rings. The van der Waals surface area contributed by atoms with E-state index in [0.29, 0.717) is 22.7 Å². The molecule has 1 nitrogen and oxygen atoms in total. The smallest absolute Gasteiger partial charge is 0.123 e. The van der Waals surface area contributed by atoms with Crippen molar-refractivity contribution in [2.24, 2.45) is 0 Å². The number of hydrogen-bond acceptors (Lipinski definition) is 1. The van der Waals surface area contributed by atoms with Gasteiger partial charge in [-0.05, 0) is 48.0 Å². The standard InChI is InChI=1S/C15H14ClF2N/c1-2-19-9-10-3-4-11(17)7-13(10)14-8-12(18)5-6-15(14)16/h3-8,19H,2,9H2,1H3. The van der Waals surface area contributed by atoms with E-state index in [4.69, 9.17) is 11.6 Å². The SMILES string of the molecule is CCNCc1ccc(F)cc1-c1cc(F)ccc1Cl. The minimum Gasteiger partial charge on any atom is -0.313 e. The van der Waals surface area contributed by atoms with Crippen LogP contribution in [-0.4, -0.2) is 6.54 Å². The quantitative estimate of drug-likeness (QED) is 0.876. The van der Waals surface area contributed by atoms with Crippen LogP contribution >= 0.6 is 11.6 Å². The van der Waals surface area contributed by atoms with Crippen molar-refractivity contribution in [3.8, 4) is 11.1 Å². The second-order valence-electron chi connectivity index (χ2n) is 4.21. The Morgan fingerprint density at radius 3 is 2.32 bits per heavy atom. The predicted octanol–water partition coefficient (Wildman–Crippen LogP) is 4.39. The summed E-state index contributed by atoms with van der Waals surface area (Å²) < 4.78 is 26.8. The molecule has 0 bridgehead atoms. The highest BCUT2D eigenvalue weighted by Gasteiger charge is 2.11. The van der Waals surface area contributed by atoms with Crippen molar-refractivity contribution in [3.05, 3.63) is 58.6 Å². The van der Waals surface area contributed by atoms with Crippen molar-refractivity contribution in [1.82, 2.24) is 5.32 Å². The van der Waals surface area contributed by atoms with Crippen LogP contribution in [0.3, 0.4) is 0 Å². The highest BCUT2D eigenvalue weighted by molar-refractivity contribution is 6.33. The van der Waals surface area contributed by atoms with Crippen molar-refractivity contribution < 1.29 is 8.78 Å². The van der Waals surface area contributed by atoms with Gasteiger partial charge in [0.25, 0.3) is 0 Å². The molecule has 0 fully saturated rings. The molecule has 0 aliphatic carbocycles. The van der Waals surface area contributed by atoms with Gasteiger partial charge in [-0.15, -0.1) is 0 Å². The first-order valence-electron chi connectivity index (χ1n) is 6.06. The van der Waals surface area contributed by atoms with Gasteiger partial charge in [0.15, 0.2) is 0 Å². The lowest BCUT2D eigenvalue weighted by Crippen LogP contribution is -2.12. The van der Waals surface area contributed by atoms with E-state index < -0.39 is 5.82 Å². The summed E-state index contributed by atoms with van der Waals surface area (Å²) >= 11 is 6.08. The van der Waals surface area contributed by atoms with Crippen molar-refractivity contribution in [2.75, 3.05) is 6.54 Å². The zero-order chi connectivity index (χ0) is 13.8. The van der Waals surface area contributed by atoms with Crippen molar-refractivity contribution in [1.29, 1.82) is 0 Å².